The molecule has 0 saturated carbocycles. The van der Waals surface area contributed by atoms with Crippen molar-refractivity contribution in [1.82, 2.24) is 10.2 Å². The molecule has 0 aliphatic carbocycles. The molecule has 3 nitrogen and oxygen atoms in total. The number of hydrogen-bond donors (Lipinski definition) is 1. The van der Waals surface area contributed by atoms with Gasteiger partial charge >= 0.3 is 0 Å². The zero-order valence-corrected chi connectivity index (χ0v) is 9.91. The molecule has 16 heavy (non-hydrogen) atoms. The fourth-order valence-electron chi connectivity index (χ4n) is 1.96. The van der Waals surface area contributed by atoms with E-state index in [4.69, 9.17) is 4.42 Å². The van der Waals surface area contributed by atoms with Crippen molar-refractivity contribution in [2.75, 3.05) is 19.6 Å². The lowest BCUT2D eigenvalue weighted by Crippen LogP contribution is -2.27. The topological polar surface area (TPSA) is 28.4 Å². The molecular formula is C13H20N2O. The smallest absolute Gasteiger partial charge is 0.122 e. The molecule has 2 heterocycles. The van der Waals surface area contributed by atoms with Gasteiger partial charge in [0.2, 0.25) is 0 Å². The highest BCUT2D eigenvalue weighted by atomic mass is 16.3. The molecule has 0 saturated heterocycles. The Morgan fingerprint density at radius 1 is 1.44 bits per heavy atom. The summed E-state index contributed by atoms with van der Waals surface area (Å²) in [4.78, 5) is 2.41. The Labute approximate surface area is 97.1 Å². The van der Waals surface area contributed by atoms with E-state index < -0.39 is 0 Å². The standard InChI is InChI=1S/C13H20N2O/c1-2-14-10-12-6-9-16-13(12)11-15-7-4-3-5-8-15/h3-4,6,9,14H,2,5,7-8,10-11H2,1H3. The molecule has 1 N–H and O–H groups in total. The summed E-state index contributed by atoms with van der Waals surface area (Å²) in [5.74, 6) is 1.11. The van der Waals surface area contributed by atoms with Crippen molar-refractivity contribution in [3.05, 3.63) is 35.8 Å². The van der Waals surface area contributed by atoms with Gasteiger partial charge in [-0.3, -0.25) is 4.90 Å². The van der Waals surface area contributed by atoms with Gasteiger partial charge in [-0.15, -0.1) is 0 Å². The molecule has 1 aromatic rings. The van der Waals surface area contributed by atoms with Crippen LogP contribution in [0.1, 0.15) is 24.7 Å². The van der Waals surface area contributed by atoms with Crippen LogP contribution in [0, 0.1) is 0 Å². The van der Waals surface area contributed by atoms with Gasteiger partial charge in [-0.05, 0) is 19.0 Å². The molecule has 0 fully saturated rings. The zero-order chi connectivity index (χ0) is 11.2. The fraction of sp³-hybridized carbons (Fsp3) is 0.538. The minimum Gasteiger partial charge on any atom is -0.468 e. The van der Waals surface area contributed by atoms with E-state index in [0.717, 1.165) is 44.9 Å². The van der Waals surface area contributed by atoms with Gasteiger partial charge in [0.25, 0.3) is 0 Å². The molecule has 0 aromatic carbocycles. The van der Waals surface area contributed by atoms with Crippen LogP contribution in [0.5, 0.6) is 0 Å². The summed E-state index contributed by atoms with van der Waals surface area (Å²) < 4.78 is 5.56. The van der Waals surface area contributed by atoms with Crippen LogP contribution >= 0.6 is 0 Å². The summed E-state index contributed by atoms with van der Waals surface area (Å²) in [7, 11) is 0. The van der Waals surface area contributed by atoms with Gasteiger partial charge in [-0.25, -0.2) is 0 Å². The van der Waals surface area contributed by atoms with E-state index in [2.05, 4.69) is 35.4 Å². The number of nitrogens with zero attached hydrogens (tertiary/aromatic N) is 1. The van der Waals surface area contributed by atoms with E-state index in [1.165, 1.54) is 5.56 Å². The monoisotopic (exact) mass is 220 g/mol. The number of nitrogens with one attached hydrogen (secondary N) is 1. The molecule has 0 radical (unpaired) electrons. The van der Waals surface area contributed by atoms with Crippen LogP contribution in [-0.2, 0) is 13.1 Å². The third-order valence-electron chi connectivity index (χ3n) is 2.91. The Kier molecular flexibility index (Phi) is 4.19. The lowest BCUT2D eigenvalue weighted by Gasteiger charge is -2.22. The molecule has 0 spiro atoms. The maximum absolute atomic E-state index is 5.56. The molecule has 1 aliphatic heterocycles. The van der Waals surface area contributed by atoms with Crippen molar-refractivity contribution in [2.45, 2.75) is 26.4 Å². The van der Waals surface area contributed by atoms with Crippen LogP contribution in [0.15, 0.2) is 28.9 Å². The highest BCUT2D eigenvalue weighted by Crippen LogP contribution is 2.14. The van der Waals surface area contributed by atoms with Gasteiger partial charge in [0.1, 0.15) is 5.76 Å². The van der Waals surface area contributed by atoms with E-state index in [0.29, 0.717) is 0 Å². The van der Waals surface area contributed by atoms with Crippen LogP contribution < -0.4 is 5.32 Å². The van der Waals surface area contributed by atoms with Crippen molar-refractivity contribution in [3.63, 3.8) is 0 Å². The lowest BCUT2D eigenvalue weighted by molar-refractivity contribution is 0.263. The molecular weight excluding hydrogens is 200 g/mol. The lowest BCUT2D eigenvalue weighted by atomic mass is 10.2. The normalized spacial score (nSPS) is 16.8. The highest BCUT2D eigenvalue weighted by Gasteiger charge is 2.12. The number of rotatable bonds is 5. The maximum atomic E-state index is 5.56. The van der Waals surface area contributed by atoms with Crippen LogP contribution in [-0.4, -0.2) is 24.5 Å². The molecule has 0 atom stereocenters. The van der Waals surface area contributed by atoms with Crippen molar-refractivity contribution < 1.29 is 4.42 Å². The molecule has 1 aliphatic rings. The minimum atomic E-state index is 0.909. The summed E-state index contributed by atoms with van der Waals surface area (Å²) in [5, 5.41) is 3.34. The third kappa shape index (κ3) is 2.97. The summed E-state index contributed by atoms with van der Waals surface area (Å²) >= 11 is 0. The van der Waals surface area contributed by atoms with Gasteiger partial charge < -0.3 is 9.73 Å². The second-order valence-corrected chi connectivity index (χ2v) is 4.14. The molecule has 3 heteroatoms. The van der Waals surface area contributed by atoms with Crippen LogP contribution in [0.3, 0.4) is 0 Å². The zero-order valence-electron chi connectivity index (χ0n) is 9.91. The van der Waals surface area contributed by atoms with Gasteiger partial charge in [0, 0.05) is 25.2 Å². The fourth-order valence-corrected chi connectivity index (χ4v) is 1.96. The third-order valence-corrected chi connectivity index (χ3v) is 2.91. The second-order valence-electron chi connectivity index (χ2n) is 4.14. The Balaban J connectivity index is 1.92. The molecule has 2 rings (SSSR count). The summed E-state index contributed by atoms with van der Waals surface area (Å²) in [6.45, 7) is 7.13. The first-order valence-electron chi connectivity index (χ1n) is 6.03. The van der Waals surface area contributed by atoms with Crippen molar-refractivity contribution >= 4 is 0 Å². The van der Waals surface area contributed by atoms with Crippen LogP contribution in [0.25, 0.3) is 0 Å². The van der Waals surface area contributed by atoms with Gasteiger partial charge in [-0.2, -0.15) is 0 Å². The maximum Gasteiger partial charge on any atom is 0.122 e. The van der Waals surface area contributed by atoms with Crippen LogP contribution in [0.4, 0.5) is 0 Å². The van der Waals surface area contributed by atoms with E-state index in [-0.39, 0.29) is 0 Å². The Hall–Kier alpha value is -1.06. The van der Waals surface area contributed by atoms with Gasteiger partial charge in [-0.1, -0.05) is 19.1 Å². The summed E-state index contributed by atoms with van der Waals surface area (Å²) in [6, 6.07) is 2.07. The van der Waals surface area contributed by atoms with E-state index in [1.807, 2.05) is 0 Å². The van der Waals surface area contributed by atoms with Gasteiger partial charge in [0.15, 0.2) is 0 Å². The second kappa shape index (κ2) is 5.87. The predicted octanol–water partition coefficient (Wildman–Crippen LogP) is 2.15. The number of hydrogen-bond acceptors (Lipinski definition) is 3. The average Bonchev–Trinajstić information content (AvgIpc) is 2.75. The van der Waals surface area contributed by atoms with E-state index in [9.17, 15) is 0 Å². The first-order valence-corrected chi connectivity index (χ1v) is 6.03. The quantitative estimate of drug-likeness (QED) is 0.771. The Morgan fingerprint density at radius 3 is 3.12 bits per heavy atom. The largest absolute Gasteiger partial charge is 0.468 e. The SMILES string of the molecule is CCNCc1ccoc1CN1CC=CCC1. The van der Waals surface area contributed by atoms with Crippen molar-refractivity contribution in [1.29, 1.82) is 0 Å². The first-order chi connectivity index (χ1) is 7.90. The minimum absolute atomic E-state index is 0.909. The van der Waals surface area contributed by atoms with E-state index >= 15 is 0 Å². The Morgan fingerprint density at radius 2 is 2.38 bits per heavy atom. The summed E-state index contributed by atoms with van der Waals surface area (Å²) in [6.07, 6.45) is 7.43. The van der Waals surface area contributed by atoms with Crippen molar-refractivity contribution in [2.24, 2.45) is 0 Å². The Bertz CT molecular complexity index is 343. The first kappa shape index (κ1) is 11.4. The number of furan rings is 1. The van der Waals surface area contributed by atoms with Gasteiger partial charge in [0.05, 0.1) is 12.8 Å². The molecule has 0 amide bonds. The van der Waals surface area contributed by atoms with Crippen molar-refractivity contribution in [3.8, 4) is 0 Å². The average molecular weight is 220 g/mol. The molecule has 1 aromatic heterocycles. The highest BCUT2D eigenvalue weighted by molar-refractivity contribution is 5.17. The molecule has 88 valence electrons. The van der Waals surface area contributed by atoms with Crippen LogP contribution in [0.2, 0.25) is 0 Å². The predicted molar refractivity (Wildman–Crippen MR) is 65.1 cm³/mol. The molecule has 0 unspecified atom stereocenters. The van der Waals surface area contributed by atoms with E-state index in [1.54, 1.807) is 6.26 Å². The molecule has 0 bridgehead atoms. The summed E-state index contributed by atoms with van der Waals surface area (Å²) in [5.41, 5.74) is 1.29.